The lowest BCUT2D eigenvalue weighted by Gasteiger charge is -2.44. The number of aryl methyl sites for hydroxylation is 1. The standard InChI is InChI=1S/C29H49N3O4S/c1-10-12-13-18-30-25(33)24(22-16-14-15-21(3)20-22)32(29(7,8)11-2)26(34)23(17-19-37-9)31-27(35)36-28(4,5)6/h14-16,20,23-24H,10-13,17-19H2,1-9H3,(H,30,33)(H,31,35). The van der Waals surface area contributed by atoms with E-state index in [0.29, 0.717) is 25.1 Å². The molecule has 0 aliphatic rings. The second-order valence-electron chi connectivity index (χ2n) is 11.2. The number of nitrogens with one attached hydrogen (secondary N) is 2. The molecule has 0 radical (unpaired) electrons. The van der Waals surface area contributed by atoms with Gasteiger partial charge in [0, 0.05) is 12.1 Å². The maximum Gasteiger partial charge on any atom is 0.408 e. The number of amides is 3. The van der Waals surface area contributed by atoms with Crippen LogP contribution in [0.15, 0.2) is 24.3 Å². The van der Waals surface area contributed by atoms with Crippen LogP contribution in [0.2, 0.25) is 0 Å². The van der Waals surface area contributed by atoms with E-state index >= 15 is 0 Å². The molecule has 210 valence electrons. The minimum absolute atomic E-state index is 0.211. The molecule has 2 N–H and O–H groups in total. The van der Waals surface area contributed by atoms with Crippen molar-refractivity contribution < 1.29 is 19.1 Å². The van der Waals surface area contributed by atoms with Crippen LogP contribution < -0.4 is 10.6 Å². The highest BCUT2D eigenvalue weighted by atomic mass is 32.2. The Morgan fingerprint density at radius 2 is 1.76 bits per heavy atom. The maximum atomic E-state index is 14.3. The normalized spacial score (nSPS) is 13.4. The highest BCUT2D eigenvalue weighted by molar-refractivity contribution is 7.98. The third-order valence-electron chi connectivity index (χ3n) is 6.30. The summed E-state index contributed by atoms with van der Waals surface area (Å²) in [4.78, 5) is 42.4. The van der Waals surface area contributed by atoms with Gasteiger partial charge in [-0.25, -0.2) is 4.79 Å². The number of hydrogen-bond acceptors (Lipinski definition) is 5. The van der Waals surface area contributed by atoms with Crippen molar-refractivity contribution in [3.8, 4) is 0 Å². The predicted molar refractivity (Wildman–Crippen MR) is 154 cm³/mol. The molecule has 2 atom stereocenters. The Hall–Kier alpha value is -2.22. The van der Waals surface area contributed by atoms with Crippen LogP contribution in [0.3, 0.4) is 0 Å². The van der Waals surface area contributed by atoms with Gasteiger partial charge in [-0.3, -0.25) is 9.59 Å². The van der Waals surface area contributed by atoms with E-state index < -0.39 is 29.3 Å². The summed E-state index contributed by atoms with van der Waals surface area (Å²) in [5, 5.41) is 5.88. The van der Waals surface area contributed by atoms with Gasteiger partial charge in [-0.05, 0) is 78.4 Å². The number of rotatable bonds is 14. The van der Waals surface area contributed by atoms with Crippen molar-refractivity contribution in [3.63, 3.8) is 0 Å². The molecular weight excluding hydrogens is 486 g/mol. The molecule has 0 saturated heterocycles. The van der Waals surface area contributed by atoms with E-state index in [2.05, 4.69) is 17.6 Å². The van der Waals surface area contributed by atoms with Gasteiger partial charge in [0.2, 0.25) is 11.8 Å². The quantitative estimate of drug-likeness (QED) is 0.285. The lowest BCUT2D eigenvalue weighted by atomic mass is 9.91. The minimum Gasteiger partial charge on any atom is -0.444 e. The first-order chi connectivity index (χ1) is 17.3. The molecule has 0 bridgehead atoms. The zero-order valence-corrected chi connectivity index (χ0v) is 25.2. The third-order valence-corrected chi connectivity index (χ3v) is 6.94. The van der Waals surface area contributed by atoms with Crippen molar-refractivity contribution in [1.82, 2.24) is 15.5 Å². The molecule has 0 fully saturated rings. The molecule has 2 unspecified atom stereocenters. The first kappa shape index (κ1) is 32.8. The van der Waals surface area contributed by atoms with E-state index in [1.807, 2.05) is 58.2 Å². The van der Waals surface area contributed by atoms with Crippen molar-refractivity contribution in [2.24, 2.45) is 0 Å². The fourth-order valence-electron chi connectivity index (χ4n) is 4.00. The largest absolute Gasteiger partial charge is 0.444 e. The average Bonchev–Trinajstić information content (AvgIpc) is 2.81. The summed E-state index contributed by atoms with van der Waals surface area (Å²) in [6.45, 7) is 15.9. The highest BCUT2D eigenvalue weighted by Gasteiger charge is 2.43. The van der Waals surface area contributed by atoms with Crippen LogP contribution in [-0.4, -0.2) is 58.5 Å². The molecule has 0 saturated carbocycles. The summed E-state index contributed by atoms with van der Waals surface area (Å²) in [5.74, 6) is 0.171. The van der Waals surface area contributed by atoms with Gasteiger partial charge in [-0.15, -0.1) is 0 Å². The van der Waals surface area contributed by atoms with Gasteiger partial charge in [-0.2, -0.15) is 11.8 Å². The molecule has 0 heterocycles. The fourth-order valence-corrected chi connectivity index (χ4v) is 4.47. The molecule has 8 heteroatoms. The number of unbranched alkanes of at least 4 members (excludes halogenated alkanes) is 2. The summed E-state index contributed by atoms with van der Waals surface area (Å²) in [6.07, 6.45) is 5.33. The van der Waals surface area contributed by atoms with E-state index in [1.165, 1.54) is 0 Å². The Bertz CT molecular complexity index is 882. The number of hydrogen-bond donors (Lipinski definition) is 2. The van der Waals surface area contributed by atoms with Gasteiger partial charge in [0.1, 0.15) is 17.7 Å². The van der Waals surface area contributed by atoms with E-state index in [4.69, 9.17) is 4.74 Å². The SMILES string of the molecule is CCCCCNC(=O)C(c1cccc(C)c1)N(C(=O)C(CCSC)NC(=O)OC(C)(C)C)C(C)(C)CC. The Kier molecular flexibility index (Phi) is 13.5. The van der Waals surface area contributed by atoms with E-state index in [0.717, 1.165) is 30.4 Å². The van der Waals surface area contributed by atoms with E-state index in [9.17, 15) is 14.4 Å². The summed E-state index contributed by atoms with van der Waals surface area (Å²) >= 11 is 1.60. The molecule has 0 aliphatic heterocycles. The molecule has 37 heavy (non-hydrogen) atoms. The number of benzene rings is 1. The maximum absolute atomic E-state index is 14.3. The number of ether oxygens (including phenoxy) is 1. The van der Waals surface area contributed by atoms with Crippen LogP contribution in [0.4, 0.5) is 4.79 Å². The molecular formula is C29H49N3O4S. The Labute approximate surface area is 228 Å². The van der Waals surface area contributed by atoms with Crippen LogP contribution >= 0.6 is 11.8 Å². The second-order valence-corrected chi connectivity index (χ2v) is 12.2. The number of thioether (sulfide) groups is 1. The van der Waals surface area contributed by atoms with Crippen LogP contribution in [0.5, 0.6) is 0 Å². The van der Waals surface area contributed by atoms with Crippen molar-refractivity contribution in [1.29, 1.82) is 0 Å². The van der Waals surface area contributed by atoms with Gasteiger partial charge in [0.25, 0.3) is 0 Å². The summed E-state index contributed by atoms with van der Waals surface area (Å²) in [6, 6.07) is 6.08. The van der Waals surface area contributed by atoms with E-state index in [-0.39, 0.29) is 11.8 Å². The van der Waals surface area contributed by atoms with Crippen molar-refractivity contribution in [2.45, 2.75) is 111 Å². The number of carbonyl (C=O) groups is 3. The van der Waals surface area contributed by atoms with Crippen LogP contribution in [0.25, 0.3) is 0 Å². The van der Waals surface area contributed by atoms with Crippen LogP contribution in [-0.2, 0) is 14.3 Å². The third kappa shape index (κ3) is 11.0. The van der Waals surface area contributed by atoms with Crippen LogP contribution in [0.1, 0.15) is 97.7 Å². The van der Waals surface area contributed by atoms with Gasteiger partial charge in [0.05, 0.1) is 0 Å². The molecule has 0 aliphatic carbocycles. The first-order valence-electron chi connectivity index (χ1n) is 13.4. The molecule has 0 spiro atoms. The Morgan fingerprint density at radius 1 is 1.08 bits per heavy atom. The van der Waals surface area contributed by atoms with Gasteiger partial charge < -0.3 is 20.3 Å². The van der Waals surface area contributed by atoms with Gasteiger partial charge >= 0.3 is 6.09 Å². The van der Waals surface area contributed by atoms with Crippen LogP contribution in [0, 0.1) is 6.92 Å². The predicted octanol–water partition coefficient (Wildman–Crippen LogP) is 6.01. The lowest BCUT2D eigenvalue weighted by molar-refractivity contribution is -0.149. The summed E-state index contributed by atoms with van der Waals surface area (Å²) < 4.78 is 5.47. The van der Waals surface area contributed by atoms with Gasteiger partial charge in [-0.1, -0.05) is 56.5 Å². The smallest absolute Gasteiger partial charge is 0.408 e. The minimum atomic E-state index is -0.832. The number of alkyl carbamates (subject to hydrolysis) is 1. The van der Waals surface area contributed by atoms with Crippen molar-refractivity contribution in [3.05, 3.63) is 35.4 Å². The number of carbonyl (C=O) groups excluding carboxylic acids is 3. The molecule has 7 nitrogen and oxygen atoms in total. The monoisotopic (exact) mass is 535 g/mol. The number of nitrogens with zero attached hydrogens (tertiary/aromatic N) is 1. The molecule has 1 aromatic rings. The lowest BCUT2D eigenvalue weighted by Crippen LogP contribution is -2.59. The van der Waals surface area contributed by atoms with Crippen molar-refractivity contribution in [2.75, 3.05) is 18.6 Å². The highest BCUT2D eigenvalue weighted by Crippen LogP contribution is 2.33. The average molecular weight is 536 g/mol. The van der Waals surface area contributed by atoms with Crippen molar-refractivity contribution >= 4 is 29.7 Å². The Morgan fingerprint density at radius 3 is 2.30 bits per heavy atom. The summed E-state index contributed by atoms with van der Waals surface area (Å²) in [5.41, 5.74) is 0.416. The summed E-state index contributed by atoms with van der Waals surface area (Å²) in [7, 11) is 0. The van der Waals surface area contributed by atoms with Gasteiger partial charge in [0.15, 0.2) is 0 Å². The Balaban J connectivity index is 3.53. The fraction of sp³-hybridized carbons (Fsp3) is 0.690. The molecule has 3 amide bonds. The molecule has 1 aromatic carbocycles. The zero-order chi connectivity index (χ0) is 28.2. The molecule has 0 aromatic heterocycles. The zero-order valence-electron chi connectivity index (χ0n) is 24.4. The first-order valence-corrected chi connectivity index (χ1v) is 14.8. The topological polar surface area (TPSA) is 87.7 Å². The molecule has 1 rings (SSSR count). The van der Waals surface area contributed by atoms with E-state index in [1.54, 1.807) is 37.4 Å². The second kappa shape index (κ2) is 15.3.